The van der Waals surface area contributed by atoms with E-state index in [1.807, 2.05) is 35.2 Å². The Labute approximate surface area is 132 Å². The van der Waals surface area contributed by atoms with Gasteiger partial charge in [0.1, 0.15) is 11.9 Å². The van der Waals surface area contributed by atoms with Gasteiger partial charge >= 0.3 is 0 Å². The maximum Gasteiger partial charge on any atom is 0.229 e. The number of hydrogen-bond donors (Lipinski definition) is 1. The van der Waals surface area contributed by atoms with Gasteiger partial charge in [0, 0.05) is 32.5 Å². The van der Waals surface area contributed by atoms with Crippen LogP contribution in [0.4, 0.5) is 0 Å². The molecule has 1 aromatic rings. The van der Waals surface area contributed by atoms with Crippen molar-refractivity contribution >= 4 is 5.91 Å². The quantitative estimate of drug-likeness (QED) is 0.932. The van der Waals surface area contributed by atoms with Gasteiger partial charge in [0.25, 0.3) is 0 Å². The summed E-state index contributed by atoms with van der Waals surface area (Å²) in [6.45, 7) is 5.58. The SMILES string of the molecule is CC1(C(=O)N2CCC(Oc3ccccc3)CC2)CCCNC1. The highest BCUT2D eigenvalue weighted by molar-refractivity contribution is 5.82. The number of piperidine rings is 2. The van der Waals surface area contributed by atoms with Gasteiger partial charge in [-0.3, -0.25) is 4.79 Å². The van der Waals surface area contributed by atoms with Crippen molar-refractivity contribution in [3.63, 3.8) is 0 Å². The summed E-state index contributed by atoms with van der Waals surface area (Å²) in [5.41, 5.74) is -0.217. The van der Waals surface area contributed by atoms with Crippen LogP contribution < -0.4 is 10.1 Å². The van der Waals surface area contributed by atoms with Gasteiger partial charge in [-0.25, -0.2) is 0 Å². The second kappa shape index (κ2) is 6.69. The van der Waals surface area contributed by atoms with Gasteiger partial charge in [0.05, 0.1) is 5.41 Å². The van der Waals surface area contributed by atoms with E-state index in [9.17, 15) is 4.79 Å². The van der Waals surface area contributed by atoms with Crippen LogP contribution in [-0.2, 0) is 4.79 Å². The van der Waals surface area contributed by atoms with E-state index >= 15 is 0 Å². The first-order valence-electron chi connectivity index (χ1n) is 8.39. The standard InChI is InChI=1S/C18H26N2O2/c1-18(10-5-11-19-14-18)17(21)20-12-8-16(9-13-20)22-15-6-3-2-4-7-15/h2-4,6-7,16,19H,5,8-14H2,1H3. The fraction of sp³-hybridized carbons (Fsp3) is 0.611. The maximum atomic E-state index is 12.8. The Balaban J connectivity index is 1.52. The van der Waals surface area contributed by atoms with E-state index in [0.29, 0.717) is 5.91 Å². The fourth-order valence-corrected chi connectivity index (χ4v) is 3.49. The van der Waals surface area contributed by atoms with Gasteiger partial charge in [-0.1, -0.05) is 18.2 Å². The minimum Gasteiger partial charge on any atom is -0.490 e. The van der Waals surface area contributed by atoms with Gasteiger partial charge in [0.2, 0.25) is 5.91 Å². The second-order valence-electron chi connectivity index (χ2n) is 6.76. The van der Waals surface area contributed by atoms with Gasteiger partial charge in [-0.05, 0) is 38.4 Å². The number of nitrogens with zero attached hydrogens (tertiary/aromatic N) is 1. The molecular formula is C18H26N2O2. The molecule has 1 amide bonds. The molecule has 0 aromatic heterocycles. The summed E-state index contributed by atoms with van der Waals surface area (Å²) in [4.78, 5) is 14.8. The molecule has 1 N–H and O–H groups in total. The summed E-state index contributed by atoms with van der Waals surface area (Å²) in [6, 6.07) is 9.96. The van der Waals surface area contributed by atoms with E-state index in [2.05, 4.69) is 12.2 Å². The van der Waals surface area contributed by atoms with Crippen LogP contribution in [0, 0.1) is 5.41 Å². The largest absolute Gasteiger partial charge is 0.490 e. The van der Waals surface area contributed by atoms with Crippen LogP contribution in [0.3, 0.4) is 0 Å². The van der Waals surface area contributed by atoms with Crippen molar-refractivity contribution in [3.8, 4) is 5.75 Å². The second-order valence-corrected chi connectivity index (χ2v) is 6.76. The van der Waals surface area contributed by atoms with Crippen LogP contribution in [0.15, 0.2) is 30.3 Å². The van der Waals surface area contributed by atoms with Gasteiger partial charge in [-0.2, -0.15) is 0 Å². The van der Waals surface area contributed by atoms with Crippen LogP contribution in [0.25, 0.3) is 0 Å². The average molecular weight is 302 g/mol. The van der Waals surface area contributed by atoms with Crippen molar-refractivity contribution in [2.45, 2.75) is 38.7 Å². The van der Waals surface area contributed by atoms with E-state index in [1.165, 1.54) is 0 Å². The molecule has 0 radical (unpaired) electrons. The Hall–Kier alpha value is -1.55. The molecule has 2 fully saturated rings. The molecule has 22 heavy (non-hydrogen) atoms. The fourth-order valence-electron chi connectivity index (χ4n) is 3.49. The highest BCUT2D eigenvalue weighted by Crippen LogP contribution is 2.29. The van der Waals surface area contributed by atoms with Crippen molar-refractivity contribution in [1.82, 2.24) is 10.2 Å². The van der Waals surface area contributed by atoms with Crippen LogP contribution >= 0.6 is 0 Å². The van der Waals surface area contributed by atoms with E-state index in [-0.39, 0.29) is 11.5 Å². The summed E-state index contributed by atoms with van der Waals surface area (Å²) in [6.07, 6.45) is 4.16. The lowest BCUT2D eigenvalue weighted by atomic mass is 9.81. The molecule has 0 spiro atoms. The van der Waals surface area contributed by atoms with Gasteiger partial charge in [0.15, 0.2) is 0 Å². The predicted molar refractivity (Wildman–Crippen MR) is 86.9 cm³/mol. The van der Waals surface area contributed by atoms with Crippen LogP contribution in [0.1, 0.15) is 32.6 Å². The molecule has 0 bridgehead atoms. The molecule has 4 nitrogen and oxygen atoms in total. The third-order valence-electron chi connectivity index (χ3n) is 4.89. The van der Waals surface area contributed by atoms with Crippen LogP contribution in [-0.4, -0.2) is 43.1 Å². The zero-order valence-electron chi connectivity index (χ0n) is 13.4. The summed E-state index contributed by atoms with van der Waals surface area (Å²) in [5.74, 6) is 1.24. The molecule has 3 rings (SSSR count). The first-order chi connectivity index (χ1) is 10.7. The van der Waals surface area contributed by atoms with Crippen molar-refractivity contribution in [2.24, 2.45) is 5.41 Å². The Morgan fingerprint density at radius 1 is 1.27 bits per heavy atom. The molecule has 2 aliphatic heterocycles. The van der Waals surface area contributed by atoms with E-state index < -0.39 is 0 Å². The molecule has 2 aliphatic rings. The van der Waals surface area contributed by atoms with E-state index in [1.54, 1.807) is 0 Å². The summed E-state index contributed by atoms with van der Waals surface area (Å²) >= 11 is 0. The molecule has 2 heterocycles. The first-order valence-corrected chi connectivity index (χ1v) is 8.39. The molecule has 120 valence electrons. The Kier molecular flexibility index (Phi) is 4.67. The van der Waals surface area contributed by atoms with Crippen molar-refractivity contribution < 1.29 is 9.53 Å². The third kappa shape index (κ3) is 3.43. The molecular weight excluding hydrogens is 276 g/mol. The summed E-state index contributed by atoms with van der Waals surface area (Å²) in [5, 5.41) is 3.36. The average Bonchev–Trinajstić information content (AvgIpc) is 2.56. The van der Waals surface area contributed by atoms with Gasteiger partial charge in [-0.15, -0.1) is 0 Å². The molecule has 1 atom stereocenters. The lowest BCUT2D eigenvalue weighted by Gasteiger charge is -2.40. The number of para-hydroxylation sites is 1. The summed E-state index contributed by atoms with van der Waals surface area (Å²) < 4.78 is 6.00. The number of carbonyl (C=O) groups is 1. The predicted octanol–water partition coefficient (Wildman–Crippen LogP) is 2.45. The monoisotopic (exact) mass is 302 g/mol. The van der Waals surface area contributed by atoms with Crippen molar-refractivity contribution in [2.75, 3.05) is 26.2 Å². The normalized spacial score (nSPS) is 26.7. The third-order valence-corrected chi connectivity index (χ3v) is 4.89. The minimum atomic E-state index is -0.217. The smallest absolute Gasteiger partial charge is 0.229 e. The number of carbonyl (C=O) groups excluding carboxylic acids is 1. The number of ether oxygens (including phenoxy) is 1. The van der Waals surface area contributed by atoms with Crippen LogP contribution in [0.2, 0.25) is 0 Å². The zero-order chi connectivity index (χ0) is 15.4. The maximum absolute atomic E-state index is 12.8. The highest BCUT2D eigenvalue weighted by Gasteiger charge is 2.38. The highest BCUT2D eigenvalue weighted by atomic mass is 16.5. The Morgan fingerprint density at radius 3 is 2.64 bits per heavy atom. The van der Waals surface area contributed by atoms with Crippen LogP contribution in [0.5, 0.6) is 5.75 Å². The number of amides is 1. The van der Waals surface area contributed by atoms with Gasteiger partial charge < -0.3 is 15.0 Å². The number of hydrogen-bond acceptors (Lipinski definition) is 3. The van der Waals surface area contributed by atoms with E-state index in [0.717, 1.165) is 57.6 Å². The van der Waals surface area contributed by atoms with E-state index in [4.69, 9.17) is 4.74 Å². The zero-order valence-corrected chi connectivity index (χ0v) is 13.4. The lowest BCUT2D eigenvalue weighted by Crippen LogP contribution is -2.52. The summed E-state index contributed by atoms with van der Waals surface area (Å²) in [7, 11) is 0. The molecule has 1 unspecified atom stereocenters. The first kappa shape index (κ1) is 15.3. The minimum absolute atomic E-state index is 0.217. The molecule has 1 aromatic carbocycles. The number of benzene rings is 1. The Bertz CT molecular complexity index is 489. The number of likely N-dealkylation sites (tertiary alicyclic amines) is 1. The molecule has 0 aliphatic carbocycles. The lowest BCUT2D eigenvalue weighted by molar-refractivity contribution is -0.144. The van der Waals surface area contributed by atoms with Crippen molar-refractivity contribution in [1.29, 1.82) is 0 Å². The number of rotatable bonds is 3. The number of nitrogens with one attached hydrogen (secondary N) is 1. The van der Waals surface area contributed by atoms with Crippen molar-refractivity contribution in [3.05, 3.63) is 30.3 Å². The topological polar surface area (TPSA) is 41.6 Å². The molecule has 2 saturated heterocycles. The molecule has 0 saturated carbocycles. The molecule has 4 heteroatoms. The Morgan fingerprint density at radius 2 is 2.00 bits per heavy atom.